The molecule has 2 bridgehead atoms. The van der Waals surface area contributed by atoms with Gasteiger partial charge in [0.05, 0.1) is 24.5 Å². The first kappa shape index (κ1) is 19.4. The highest BCUT2D eigenvalue weighted by Crippen LogP contribution is 2.42. The smallest absolute Gasteiger partial charge is 0.317 e. The van der Waals surface area contributed by atoms with Gasteiger partial charge in [0.1, 0.15) is 13.1 Å². The molecular weight excluding hydrogens is 354 g/mol. The summed E-state index contributed by atoms with van der Waals surface area (Å²) >= 11 is 0. The third-order valence-electron chi connectivity index (χ3n) is 7.44. The van der Waals surface area contributed by atoms with Crippen LogP contribution in [0.1, 0.15) is 56.9 Å². The zero-order valence-electron chi connectivity index (χ0n) is 16.6. The van der Waals surface area contributed by atoms with Gasteiger partial charge >= 0.3 is 5.97 Å². The summed E-state index contributed by atoms with van der Waals surface area (Å²) in [5.41, 5.74) is 0.519. The molecule has 152 valence electrons. The number of aliphatic carboxylic acids is 1. The number of nitrogens with zero attached hydrogens (tertiary/aromatic N) is 1. The fourth-order valence-electron chi connectivity index (χ4n) is 5.80. The summed E-state index contributed by atoms with van der Waals surface area (Å²) < 4.78 is 6.73. The van der Waals surface area contributed by atoms with Crippen LogP contribution < -0.4 is 5.11 Å². The Balaban J connectivity index is 1.56. The topological polar surface area (TPSA) is 66.4 Å². The normalized spacial score (nSPS) is 31.7. The van der Waals surface area contributed by atoms with E-state index >= 15 is 0 Å². The van der Waals surface area contributed by atoms with Crippen LogP contribution in [0.3, 0.4) is 0 Å². The van der Waals surface area contributed by atoms with E-state index in [0.29, 0.717) is 16.9 Å². The van der Waals surface area contributed by atoms with E-state index in [-0.39, 0.29) is 18.6 Å². The highest BCUT2D eigenvalue weighted by Gasteiger charge is 2.50. The Labute approximate surface area is 167 Å². The van der Waals surface area contributed by atoms with Gasteiger partial charge in [-0.15, -0.1) is 0 Å². The second kappa shape index (κ2) is 7.86. The van der Waals surface area contributed by atoms with E-state index in [1.807, 2.05) is 18.2 Å². The molecule has 4 aliphatic rings. The standard InChI is InChI=1S/C23H31NO4/c25-21(26)17-24-14-10-18(11-15-24)20(16-24)28-22(27)23(12-6-1-2-7-13-23)19-8-4-3-5-9-19/h3-5,8-9,18,20H,1-2,6-7,10-17H2/t18?,20-,24?/m0/s1. The van der Waals surface area contributed by atoms with Gasteiger partial charge in [0.15, 0.2) is 6.10 Å². The fourth-order valence-corrected chi connectivity index (χ4v) is 5.80. The van der Waals surface area contributed by atoms with Crippen LogP contribution in [0, 0.1) is 5.92 Å². The number of ether oxygens (including phenoxy) is 1. The second-order valence-electron chi connectivity index (χ2n) is 9.15. The van der Waals surface area contributed by atoms with Crippen molar-refractivity contribution in [1.29, 1.82) is 0 Å². The zero-order chi connectivity index (χ0) is 19.6. The molecule has 0 radical (unpaired) electrons. The van der Waals surface area contributed by atoms with Crippen molar-refractivity contribution in [3.8, 4) is 0 Å². The molecule has 4 fully saturated rings. The zero-order valence-corrected chi connectivity index (χ0v) is 16.6. The van der Waals surface area contributed by atoms with Gasteiger partial charge in [0.2, 0.25) is 0 Å². The Bertz CT molecular complexity index is 701. The van der Waals surface area contributed by atoms with E-state index in [1.165, 1.54) is 12.8 Å². The summed E-state index contributed by atoms with van der Waals surface area (Å²) in [4.78, 5) is 24.9. The van der Waals surface area contributed by atoms with E-state index in [1.54, 1.807) is 0 Å². The number of benzene rings is 1. The monoisotopic (exact) mass is 385 g/mol. The van der Waals surface area contributed by atoms with Crippen molar-refractivity contribution in [3.63, 3.8) is 0 Å². The van der Waals surface area contributed by atoms with E-state index in [0.717, 1.165) is 57.2 Å². The lowest BCUT2D eigenvalue weighted by atomic mass is 9.74. The summed E-state index contributed by atoms with van der Waals surface area (Å²) in [5.74, 6) is -0.731. The summed E-state index contributed by atoms with van der Waals surface area (Å²) in [6.45, 7) is 2.37. The van der Waals surface area contributed by atoms with Crippen molar-refractivity contribution in [2.45, 2.75) is 62.9 Å². The van der Waals surface area contributed by atoms with Gasteiger partial charge in [-0.05, 0) is 18.4 Å². The molecule has 1 aromatic rings. The molecule has 0 aromatic heterocycles. The first-order valence-electron chi connectivity index (χ1n) is 10.8. The SMILES string of the molecule is O=C([O-])C[N+]12CCC(CC1)[C@@H](OC(=O)C1(c3ccccc3)CCCCCC1)C2. The molecule has 1 saturated carbocycles. The third-order valence-corrected chi connectivity index (χ3v) is 7.44. The average molecular weight is 386 g/mol. The number of carbonyl (C=O) groups is 2. The summed E-state index contributed by atoms with van der Waals surface area (Å²) in [5, 5.41) is 11.3. The fraction of sp³-hybridized carbons (Fsp3) is 0.652. The first-order chi connectivity index (χ1) is 13.5. The number of carboxylic acids is 1. The van der Waals surface area contributed by atoms with Crippen LogP contribution in [0.5, 0.6) is 0 Å². The molecule has 1 aromatic carbocycles. The molecule has 0 spiro atoms. The summed E-state index contributed by atoms with van der Waals surface area (Å²) in [7, 11) is 0. The molecule has 28 heavy (non-hydrogen) atoms. The minimum absolute atomic E-state index is 0.0323. The highest BCUT2D eigenvalue weighted by atomic mass is 16.5. The van der Waals surface area contributed by atoms with Gasteiger partial charge in [-0.25, -0.2) is 0 Å². The van der Waals surface area contributed by atoms with Gasteiger partial charge < -0.3 is 19.1 Å². The minimum Gasteiger partial charge on any atom is -0.544 e. The molecule has 3 aliphatic heterocycles. The van der Waals surface area contributed by atoms with E-state index in [2.05, 4.69) is 12.1 Å². The number of fused-ring (bicyclic) bond motifs is 3. The summed E-state index contributed by atoms with van der Waals surface area (Å²) in [6.07, 6.45) is 7.80. The molecule has 0 N–H and O–H groups in total. The molecule has 0 unspecified atom stereocenters. The maximum Gasteiger partial charge on any atom is 0.317 e. The number of esters is 1. The van der Waals surface area contributed by atoms with Crippen LogP contribution in [-0.4, -0.2) is 48.7 Å². The Kier molecular flexibility index (Phi) is 5.46. The Morgan fingerprint density at radius 3 is 2.29 bits per heavy atom. The van der Waals surface area contributed by atoms with Crippen molar-refractivity contribution in [3.05, 3.63) is 35.9 Å². The van der Waals surface area contributed by atoms with Gasteiger partial charge in [-0.1, -0.05) is 56.0 Å². The maximum atomic E-state index is 13.6. The number of hydrogen-bond donors (Lipinski definition) is 0. The van der Waals surface area contributed by atoms with Gasteiger partial charge in [-0.2, -0.15) is 0 Å². The highest BCUT2D eigenvalue weighted by molar-refractivity contribution is 5.83. The van der Waals surface area contributed by atoms with Gasteiger partial charge in [-0.3, -0.25) is 4.79 Å². The molecule has 5 rings (SSSR count). The van der Waals surface area contributed by atoms with Crippen LogP contribution in [0.25, 0.3) is 0 Å². The van der Waals surface area contributed by atoms with Crippen molar-refractivity contribution in [2.75, 3.05) is 26.2 Å². The lowest BCUT2D eigenvalue weighted by Crippen LogP contribution is -2.67. The Hall–Kier alpha value is -1.88. The molecule has 3 heterocycles. The maximum absolute atomic E-state index is 13.6. The Morgan fingerprint density at radius 2 is 1.68 bits per heavy atom. The molecule has 5 heteroatoms. The minimum atomic E-state index is -1.00. The van der Waals surface area contributed by atoms with Crippen LogP contribution in [0.15, 0.2) is 30.3 Å². The number of hydrogen-bond acceptors (Lipinski definition) is 4. The van der Waals surface area contributed by atoms with Crippen LogP contribution in [0.2, 0.25) is 0 Å². The first-order valence-corrected chi connectivity index (χ1v) is 10.8. The molecular formula is C23H31NO4. The van der Waals surface area contributed by atoms with Crippen molar-refractivity contribution >= 4 is 11.9 Å². The Morgan fingerprint density at radius 1 is 1.04 bits per heavy atom. The predicted molar refractivity (Wildman–Crippen MR) is 103 cm³/mol. The van der Waals surface area contributed by atoms with Gasteiger partial charge in [0, 0.05) is 18.8 Å². The van der Waals surface area contributed by atoms with Gasteiger partial charge in [0.25, 0.3) is 0 Å². The van der Waals surface area contributed by atoms with Crippen molar-refractivity contribution in [1.82, 2.24) is 0 Å². The lowest BCUT2D eigenvalue weighted by molar-refractivity contribution is -0.941. The second-order valence-corrected chi connectivity index (χ2v) is 9.15. The van der Waals surface area contributed by atoms with Crippen LogP contribution >= 0.6 is 0 Å². The van der Waals surface area contributed by atoms with Crippen molar-refractivity contribution < 1.29 is 23.9 Å². The number of piperidine rings is 3. The van der Waals surface area contributed by atoms with E-state index in [9.17, 15) is 14.7 Å². The molecule has 0 amide bonds. The van der Waals surface area contributed by atoms with Crippen LogP contribution in [0.4, 0.5) is 0 Å². The largest absolute Gasteiger partial charge is 0.544 e. The molecule has 1 aliphatic carbocycles. The average Bonchev–Trinajstić information content (AvgIpc) is 2.96. The third kappa shape index (κ3) is 3.69. The molecule has 5 nitrogen and oxygen atoms in total. The molecule has 3 saturated heterocycles. The number of quaternary nitrogens is 1. The lowest BCUT2D eigenvalue weighted by Gasteiger charge is -2.52. The number of carbonyl (C=O) groups excluding carboxylic acids is 2. The van der Waals surface area contributed by atoms with Crippen LogP contribution in [-0.2, 0) is 19.7 Å². The predicted octanol–water partition coefficient (Wildman–Crippen LogP) is 2.18. The molecule has 1 atom stereocenters. The summed E-state index contributed by atoms with van der Waals surface area (Å²) in [6, 6.07) is 10.1. The van der Waals surface area contributed by atoms with E-state index < -0.39 is 11.4 Å². The number of rotatable bonds is 5. The quantitative estimate of drug-likeness (QED) is 0.443. The number of carboxylic acid groups (broad SMARTS) is 1. The van der Waals surface area contributed by atoms with E-state index in [4.69, 9.17) is 4.74 Å². The van der Waals surface area contributed by atoms with Crippen molar-refractivity contribution in [2.24, 2.45) is 5.92 Å².